The lowest BCUT2D eigenvalue weighted by molar-refractivity contribution is -0.146. The predicted octanol–water partition coefficient (Wildman–Crippen LogP) is 2.49. The molecular weight excluding hydrogens is 254 g/mol. The van der Waals surface area contributed by atoms with Gasteiger partial charge in [-0.3, -0.25) is 9.59 Å². The molecule has 0 unspecified atom stereocenters. The van der Waals surface area contributed by atoms with Crippen LogP contribution in [0.15, 0.2) is 18.2 Å². The van der Waals surface area contributed by atoms with E-state index < -0.39 is 11.4 Å². The molecule has 0 heterocycles. The number of aryl methyl sites for hydroxylation is 1. The van der Waals surface area contributed by atoms with Crippen molar-refractivity contribution in [3.05, 3.63) is 34.3 Å². The first-order valence-electron chi connectivity index (χ1n) is 5.52. The SMILES string of the molecule is Cc1cccc(C(=O)NCC(C)(C)C(=O)O)c1Cl. The first kappa shape index (κ1) is 14.5. The molecular formula is C13H16ClNO3. The highest BCUT2D eigenvalue weighted by molar-refractivity contribution is 6.34. The quantitative estimate of drug-likeness (QED) is 0.882. The molecule has 0 aliphatic heterocycles. The number of carboxylic acid groups (broad SMARTS) is 1. The molecule has 0 aromatic heterocycles. The maximum Gasteiger partial charge on any atom is 0.310 e. The second-order valence-corrected chi connectivity index (χ2v) is 5.19. The van der Waals surface area contributed by atoms with Crippen LogP contribution in [0.3, 0.4) is 0 Å². The van der Waals surface area contributed by atoms with Crippen LogP contribution in [0.25, 0.3) is 0 Å². The van der Waals surface area contributed by atoms with Gasteiger partial charge in [-0.1, -0.05) is 23.7 Å². The Morgan fingerprint density at radius 2 is 2.00 bits per heavy atom. The number of rotatable bonds is 4. The Morgan fingerprint density at radius 3 is 2.56 bits per heavy atom. The Balaban J connectivity index is 2.78. The fourth-order valence-electron chi connectivity index (χ4n) is 1.29. The lowest BCUT2D eigenvalue weighted by Crippen LogP contribution is -2.39. The van der Waals surface area contributed by atoms with Crippen LogP contribution in [0.5, 0.6) is 0 Å². The van der Waals surface area contributed by atoms with E-state index in [-0.39, 0.29) is 12.5 Å². The largest absolute Gasteiger partial charge is 0.481 e. The van der Waals surface area contributed by atoms with Gasteiger partial charge in [-0.2, -0.15) is 0 Å². The summed E-state index contributed by atoms with van der Waals surface area (Å²) in [5.41, 5.74) is 0.158. The van der Waals surface area contributed by atoms with Gasteiger partial charge in [0, 0.05) is 6.54 Å². The minimum Gasteiger partial charge on any atom is -0.481 e. The minimum atomic E-state index is -1.01. The lowest BCUT2D eigenvalue weighted by Gasteiger charge is -2.19. The molecule has 0 radical (unpaired) electrons. The molecule has 5 heteroatoms. The molecule has 0 aliphatic rings. The van der Waals surface area contributed by atoms with E-state index in [9.17, 15) is 9.59 Å². The molecule has 1 aromatic carbocycles. The summed E-state index contributed by atoms with van der Waals surface area (Å²) >= 11 is 6.02. The first-order valence-corrected chi connectivity index (χ1v) is 5.90. The summed E-state index contributed by atoms with van der Waals surface area (Å²) in [5.74, 6) is -1.32. The lowest BCUT2D eigenvalue weighted by atomic mass is 9.94. The summed E-state index contributed by atoms with van der Waals surface area (Å²) in [6.45, 7) is 4.95. The zero-order valence-corrected chi connectivity index (χ0v) is 11.3. The summed E-state index contributed by atoms with van der Waals surface area (Å²) in [4.78, 5) is 22.8. The Kier molecular flexibility index (Phi) is 4.35. The smallest absolute Gasteiger partial charge is 0.310 e. The number of carbonyl (C=O) groups is 2. The van der Waals surface area contributed by atoms with E-state index in [1.807, 2.05) is 0 Å². The maximum atomic E-state index is 11.9. The first-order chi connectivity index (χ1) is 8.25. The Labute approximate surface area is 111 Å². The third-order valence-corrected chi connectivity index (χ3v) is 3.21. The standard InChI is InChI=1S/C13H16ClNO3/c1-8-5-4-6-9(10(8)14)11(16)15-7-13(2,3)12(17)18/h4-6H,7H2,1-3H3,(H,15,16)(H,17,18). The number of carboxylic acids is 1. The van der Waals surface area contributed by atoms with Gasteiger partial charge in [-0.15, -0.1) is 0 Å². The number of benzene rings is 1. The van der Waals surface area contributed by atoms with Crippen molar-refractivity contribution in [1.82, 2.24) is 5.32 Å². The van der Waals surface area contributed by atoms with Crippen LogP contribution >= 0.6 is 11.6 Å². The topological polar surface area (TPSA) is 66.4 Å². The molecule has 0 saturated heterocycles. The molecule has 1 aromatic rings. The van der Waals surface area contributed by atoms with Gasteiger partial charge in [0.15, 0.2) is 0 Å². The summed E-state index contributed by atoms with van der Waals surface area (Å²) in [6.07, 6.45) is 0. The van der Waals surface area contributed by atoms with Gasteiger partial charge in [0.05, 0.1) is 16.0 Å². The van der Waals surface area contributed by atoms with E-state index in [4.69, 9.17) is 16.7 Å². The predicted molar refractivity (Wildman–Crippen MR) is 69.9 cm³/mol. The molecule has 0 aliphatic carbocycles. The van der Waals surface area contributed by atoms with Crippen molar-refractivity contribution < 1.29 is 14.7 Å². The molecule has 2 N–H and O–H groups in total. The molecule has 0 atom stereocenters. The zero-order valence-electron chi connectivity index (χ0n) is 10.6. The highest BCUT2D eigenvalue weighted by Gasteiger charge is 2.28. The van der Waals surface area contributed by atoms with Crippen LogP contribution in [-0.2, 0) is 4.79 Å². The van der Waals surface area contributed by atoms with E-state index in [0.29, 0.717) is 10.6 Å². The van der Waals surface area contributed by atoms with Gasteiger partial charge < -0.3 is 10.4 Å². The average Bonchev–Trinajstić information content (AvgIpc) is 2.29. The number of hydrogen-bond donors (Lipinski definition) is 2. The van der Waals surface area contributed by atoms with Crippen molar-refractivity contribution in [2.45, 2.75) is 20.8 Å². The van der Waals surface area contributed by atoms with Crippen molar-refractivity contribution in [2.24, 2.45) is 5.41 Å². The fourth-order valence-corrected chi connectivity index (χ4v) is 1.51. The highest BCUT2D eigenvalue weighted by atomic mass is 35.5. The van der Waals surface area contributed by atoms with Crippen LogP contribution in [0, 0.1) is 12.3 Å². The number of halogens is 1. The average molecular weight is 270 g/mol. The number of hydrogen-bond acceptors (Lipinski definition) is 2. The van der Waals surface area contributed by atoms with E-state index >= 15 is 0 Å². The van der Waals surface area contributed by atoms with E-state index in [0.717, 1.165) is 5.56 Å². The summed E-state index contributed by atoms with van der Waals surface area (Å²) in [7, 11) is 0. The van der Waals surface area contributed by atoms with E-state index in [1.165, 1.54) is 0 Å². The summed E-state index contributed by atoms with van der Waals surface area (Å²) < 4.78 is 0. The molecule has 0 saturated carbocycles. The van der Waals surface area contributed by atoms with Crippen molar-refractivity contribution >= 4 is 23.5 Å². The molecule has 4 nitrogen and oxygen atoms in total. The summed E-state index contributed by atoms with van der Waals surface area (Å²) in [5, 5.41) is 11.9. The van der Waals surface area contributed by atoms with Crippen LogP contribution in [0.4, 0.5) is 0 Å². The zero-order chi connectivity index (χ0) is 13.9. The van der Waals surface area contributed by atoms with Crippen LogP contribution in [0.2, 0.25) is 5.02 Å². The molecule has 0 bridgehead atoms. The fraction of sp³-hybridized carbons (Fsp3) is 0.385. The van der Waals surface area contributed by atoms with Crippen molar-refractivity contribution in [1.29, 1.82) is 0 Å². The normalized spacial score (nSPS) is 11.1. The molecule has 0 fully saturated rings. The van der Waals surface area contributed by atoms with E-state index in [2.05, 4.69) is 5.32 Å². The van der Waals surface area contributed by atoms with Gasteiger partial charge in [0.2, 0.25) is 0 Å². The third-order valence-electron chi connectivity index (χ3n) is 2.71. The van der Waals surface area contributed by atoms with Gasteiger partial charge in [0.1, 0.15) is 0 Å². The number of amides is 1. The minimum absolute atomic E-state index is 0.0471. The number of carbonyl (C=O) groups excluding carboxylic acids is 1. The Morgan fingerprint density at radius 1 is 1.39 bits per heavy atom. The van der Waals surface area contributed by atoms with Crippen molar-refractivity contribution in [2.75, 3.05) is 6.54 Å². The van der Waals surface area contributed by atoms with Gasteiger partial charge in [-0.25, -0.2) is 0 Å². The molecule has 98 valence electrons. The third kappa shape index (κ3) is 3.23. The van der Waals surface area contributed by atoms with Gasteiger partial charge in [-0.05, 0) is 32.4 Å². The van der Waals surface area contributed by atoms with Gasteiger partial charge in [0.25, 0.3) is 5.91 Å². The van der Waals surface area contributed by atoms with E-state index in [1.54, 1.807) is 39.0 Å². The second-order valence-electron chi connectivity index (χ2n) is 4.81. The molecule has 18 heavy (non-hydrogen) atoms. The summed E-state index contributed by atoms with van der Waals surface area (Å²) in [6, 6.07) is 5.15. The molecule has 1 amide bonds. The Bertz CT molecular complexity index is 483. The number of aliphatic carboxylic acids is 1. The van der Waals surface area contributed by atoms with Crippen LogP contribution in [0.1, 0.15) is 29.8 Å². The van der Waals surface area contributed by atoms with Crippen molar-refractivity contribution in [3.8, 4) is 0 Å². The Hall–Kier alpha value is -1.55. The highest BCUT2D eigenvalue weighted by Crippen LogP contribution is 2.20. The maximum absolute atomic E-state index is 11.9. The monoisotopic (exact) mass is 269 g/mol. The van der Waals surface area contributed by atoms with Crippen molar-refractivity contribution in [3.63, 3.8) is 0 Å². The second kappa shape index (κ2) is 5.40. The van der Waals surface area contributed by atoms with Gasteiger partial charge >= 0.3 is 5.97 Å². The molecule has 0 spiro atoms. The van der Waals surface area contributed by atoms with Crippen LogP contribution in [-0.4, -0.2) is 23.5 Å². The number of nitrogens with one attached hydrogen (secondary N) is 1. The molecule has 1 rings (SSSR count). The van der Waals surface area contributed by atoms with Crippen LogP contribution < -0.4 is 5.32 Å².